The van der Waals surface area contributed by atoms with Gasteiger partial charge in [0.25, 0.3) is 0 Å². The van der Waals surface area contributed by atoms with Crippen LogP contribution in [0.25, 0.3) is 0 Å². The van der Waals surface area contributed by atoms with Crippen LogP contribution < -0.4 is 10.2 Å². The molecule has 1 aromatic carbocycles. The van der Waals surface area contributed by atoms with Crippen molar-refractivity contribution in [3.63, 3.8) is 0 Å². The zero-order valence-corrected chi connectivity index (χ0v) is 19.5. The molecular formula is C26H46N2O. The molecule has 0 aromatic heterocycles. The van der Waals surface area contributed by atoms with Crippen molar-refractivity contribution in [3.05, 3.63) is 24.3 Å². The summed E-state index contributed by atoms with van der Waals surface area (Å²) in [6, 6.07) is 8.01. The Bertz CT molecular complexity index is 510. The van der Waals surface area contributed by atoms with E-state index in [2.05, 4.69) is 17.1 Å². The van der Waals surface area contributed by atoms with Crippen molar-refractivity contribution >= 4 is 17.3 Å². The minimum Gasteiger partial charge on any atom is -0.378 e. The van der Waals surface area contributed by atoms with Gasteiger partial charge in [-0.1, -0.05) is 96.8 Å². The molecule has 0 saturated carbocycles. The molecule has 0 heterocycles. The molecule has 3 nitrogen and oxygen atoms in total. The fourth-order valence-corrected chi connectivity index (χ4v) is 3.72. The van der Waals surface area contributed by atoms with Crippen LogP contribution in [0.2, 0.25) is 0 Å². The molecule has 0 unspecified atom stereocenters. The van der Waals surface area contributed by atoms with E-state index in [0.717, 1.165) is 17.8 Å². The van der Waals surface area contributed by atoms with Crippen LogP contribution in [0, 0.1) is 0 Å². The lowest BCUT2D eigenvalue weighted by Gasteiger charge is -2.13. The molecule has 0 bridgehead atoms. The van der Waals surface area contributed by atoms with Gasteiger partial charge in [-0.2, -0.15) is 0 Å². The highest BCUT2D eigenvalue weighted by molar-refractivity contribution is 5.90. The molecule has 0 fully saturated rings. The van der Waals surface area contributed by atoms with Crippen LogP contribution in [0.5, 0.6) is 0 Å². The van der Waals surface area contributed by atoms with Gasteiger partial charge >= 0.3 is 0 Å². The zero-order valence-electron chi connectivity index (χ0n) is 19.5. The van der Waals surface area contributed by atoms with Crippen LogP contribution in [0.3, 0.4) is 0 Å². The summed E-state index contributed by atoms with van der Waals surface area (Å²) < 4.78 is 0. The monoisotopic (exact) mass is 402 g/mol. The summed E-state index contributed by atoms with van der Waals surface area (Å²) in [5, 5.41) is 3.00. The predicted molar refractivity (Wildman–Crippen MR) is 129 cm³/mol. The largest absolute Gasteiger partial charge is 0.378 e. The van der Waals surface area contributed by atoms with Crippen molar-refractivity contribution in [3.8, 4) is 0 Å². The van der Waals surface area contributed by atoms with Gasteiger partial charge in [-0.15, -0.1) is 0 Å². The van der Waals surface area contributed by atoms with Crippen LogP contribution >= 0.6 is 0 Å². The first-order valence-corrected chi connectivity index (χ1v) is 12.2. The number of nitrogens with zero attached hydrogens (tertiary/aromatic N) is 1. The second-order valence-electron chi connectivity index (χ2n) is 8.69. The number of amides is 1. The Labute approximate surface area is 180 Å². The van der Waals surface area contributed by atoms with E-state index >= 15 is 0 Å². The van der Waals surface area contributed by atoms with E-state index in [4.69, 9.17) is 0 Å². The van der Waals surface area contributed by atoms with E-state index in [1.165, 1.54) is 89.9 Å². The molecule has 3 heteroatoms. The van der Waals surface area contributed by atoms with Gasteiger partial charge in [0.1, 0.15) is 0 Å². The minimum atomic E-state index is 0.136. The Morgan fingerprint density at radius 3 is 1.52 bits per heavy atom. The minimum absolute atomic E-state index is 0.136. The molecule has 0 radical (unpaired) electrons. The number of nitrogens with one attached hydrogen (secondary N) is 1. The molecule has 0 aliphatic carbocycles. The number of carbonyl (C=O) groups excluding carboxylic acids is 1. The number of rotatable bonds is 18. The van der Waals surface area contributed by atoms with Crippen molar-refractivity contribution in [2.24, 2.45) is 0 Å². The molecule has 0 saturated heterocycles. The standard InChI is InChI=1S/C26H46N2O/c1-4-5-6-7-8-9-10-11-12-13-14-15-16-17-18-19-26(29)27-24-20-22-25(23-21-24)28(2)3/h20-23H,4-19H2,1-3H3,(H,27,29). The van der Waals surface area contributed by atoms with E-state index in [1.54, 1.807) is 0 Å². The first-order chi connectivity index (χ1) is 14.1. The lowest BCUT2D eigenvalue weighted by atomic mass is 10.0. The Kier molecular flexibility index (Phi) is 15.3. The number of anilines is 2. The third-order valence-corrected chi connectivity index (χ3v) is 5.67. The molecule has 29 heavy (non-hydrogen) atoms. The molecule has 0 aliphatic rings. The quantitative estimate of drug-likeness (QED) is 0.253. The normalized spacial score (nSPS) is 10.9. The highest BCUT2D eigenvalue weighted by Crippen LogP contribution is 2.17. The molecular weight excluding hydrogens is 356 g/mol. The van der Waals surface area contributed by atoms with E-state index in [-0.39, 0.29) is 5.91 Å². The summed E-state index contributed by atoms with van der Waals surface area (Å²) in [5.41, 5.74) is 2.03. The Morgan fingerprint density at radius 1 is 0.690 bits per heavy atom. The highest BCUT2D eigenvalue weighted by Gasteiger charge is 2.03. The van der Waals surface area contributed by atoms with Gasteiger partial charge < -0.3 is 10.2 Å². The van der Waals surface area contributed by atoms with Gasteiger partial charge in [0.05, 0.1) is 0 Å². The maximum atomic E-state index is 12.0. The van der Waals surface area contributed by atoms with Gasteiger partial charge in [-0.3, -0.25) is 4.79 Å². The van der Waals surface area contributed by atoms with Crippen LogP contribution in [-0.4, -0.2) is 20.0 Å². The molecule has 1 amide bonds. The Balaban J connectivity index is 1.87. The van der Waals surface area contributed by atoms with E-state index in [0.29, 0.717) is 6.42 Å². The average Bonchev–Trinajstić information content (AvgIpc) is 2.71. The van der Waals surface area contributed by atoms with Crippen LogP contribution in [0.4, 0.5) is 11.4 Å². The molecule has 0 spiro atoms. The lowest BCUT2D eigenvalue weighted by Crippen LogP contribution is -2.12. The average molecular weight is 403 g/mol. The van der Waals surface area contributed by atoms with Crippen molar-refractivity contribution in [2.75, 3.05) is 24.3 Å². The van der Waals surface area contributed by atoms with Gasteiger partial charge in [0.2, 0.25) is 5.91 Å². The second kappa shape index (κ2) is 17.4. The number of benzene rings is 1. The summed E-state index contributed by atoms with van der Waals surface area (Å²) >= 11 is 0. The van der Waals surface area contributed by atoms with E-state index in [9.17, 15) is 4.79 Å². The lowest BCUT2D eigenvalue weighted by molar-refractivity contribution is -0.116. The van der Waals surface area contributed by atoms with Gasteiger partial charge in [-0.05, 0) is 30.7 Å². The Morgan fingerprint density at radius 2 is 1.10 bits per heavy atom. The maximum absolute atomic E-state index is 12.0. The van der Waals surface area contributed by atoms with Gasteiger partial charge in [0, 0.05) is 31.9 Å². The number of carbonyl (C=O) groups is 1. The van der Waals surface area contributed by atoms with Crippen molar-refractivity contribution < 1.29 is 4.79 Å². The van der Waals surface area contributed by atoms with Crippen molar-refractivity contribution in [1.82, 2.24) is 0 Å². The molecule has 1 N–H and O–H groups in total. The van der Waals surface area contributed by atoms with Crippen LogP contribution in [0.1, 0.15) is 110 Å². The summed E-state index contributed by atoms with van der Waals surface area (Å²) in [5.74, 6) is 0.136. The first kappa shape index (κ1) is 25.5. The SMILES string of the molecule is CCCCCCCCCCCCCCCCCC(=O)Nc1ccc(N(C)C)cc1. The van der Waals surface area contributed by atoms with Crippen LogP contribution in [0.15, 0.2) is 24.3 Å². The highest BCUT2D eigenvalue weighted by atomic mass is 16.1. The molecule has 166 valence electrons. The van der Waals surface area contributed by atoms with Crippen LogP contribution in [-0.2, 0) is 4.79 Å². The van der Waals surface area contributed by atoms with Crippen molar-refractivity contribution in [2.45, 2.75) is 110 Å². The number of hydrogen-bond acceptors (Lipinski definition) is 2. The van der Waals surface area contributed by atoms with Crippen molar-refractivity contribution in [1.29, 1.82) is 0 Å². The van der Waals surface area contributed by atoms with Gasteiger partial charge in [0.15, 0.2) is 0 Å². The molecule has 1 rings (SSSR count). The predicted octanol–water partition coefficient (Wildman–Crippen LogP) is 7.95. The second-order valence-corrected chi connectivity index (χ2v) is 8.69. The smallest absolute Gasteiger partial charge is 0.224 e. The van der Waals surface area contributed by atoms with E-state index < -0.39 is 0 Å². The molecule has 0 atom stereocenters. The third-order valence-electron chi connectivity index (χ3n) is 5.67. The third kappa shape index (κ3) is 14.2. The zero-order chi connectivity index (χ0) is 21.2. The van der Waals surface area contributed by atoms with E-state index in [1.807, 2.05) is 38.4 Å². The Hall–Kier alpha value is -1.51. The summed E-state index contributed by atoms with van der Waals surface area (Å²) in [4.78, 5) is 14.1. The number of unbranched alkanes of at least 4 members (excludes halogenated alkanes) is 14. The topological polar surface area (TPSA) is 32.3 Å². The first-order valence-electron chi connectivity index (χ1n) is 12.2. The fraction of sp³-hybridized carbons (Fsp3) is 0.731. The molecule has 0 aliphatic heterocycles. The maximum Gasteiger partial charge on any atom is 0.224 e. The summed E-state index contributed by atoms with van der Waals surface area (Å²) in [6.07, 6.45) is 20.9. The number of hydrogen-bond donors (Lipinski definition) is 1. The van der Waals surface area contributed by atoms with Gasteiger partial charge in [-0.25, -0.2) is 0 Å². The molecule has 1 aromatic rings. The summed E-state index contributed by atoms with van der Waals surface area (Å²) in [7, 11) is 4.04. The fourth-order valence-electron chi connectivity index (χ4n) is 3.72. The summed E-state index contributed by atoms with van der Waals surface area (Å²) in [6.45, 7) is 2.28.